The molecule has 1 aromatic heterocycles. The van der Waals surface area contributed by atoms with Crippen molar-refractivity contribution in [3.8, 4) is 17.6 Å². The normalized spacial score (nSPS) is 10.2. The number of amides is 1. The molecule has 0 fully saturated rings. The molecule has 0 saturated carbocycles. The fraction of sp³-hybridized carbons (Fsp3) is 0.150. The molecular weight excluding hydrogens is 380 g/mol. The summed E-state index contributed by atoms with van der Waals surface area (Å²) in [5.41, 5.74) is 3.00. The van der Waals surface area contributed by atoms with Crippen molar-refractivity contribution in [2.75, 3.05) is 13.7 Å². The van der Waals surface area contributed by atoms with Crippen LogP contribution in [0.15, 0.2) is 53.1 Å². The van der Waals surface area contributed by atoms with Crippen LogP contribution in [0.1, 0.15) is 11.1 Å². The molecule has 4 nitrogen and oxygen atoms in total. The fourth-order valence-corrected chi connectivity index (χ4v) is 2.89. The van der Waals surface area contributed by atoms with Gasteiger partial charge in [-0.25, -0.2) is 0 Å². The summed E-state index contributed by atoms with van der Waals surface area (Å²) in [7, 11) is 1.60. The van der Waals surface area contributed by atoms with Crippen LogP contribution in [0.3, 0.4) is 0 Å². The molecule has 1 heterocycles. The number of hydrogen-bond donors (Lipinski definition) is 2. The first kappa shape index (κ1) is 17.1. The number of hydrogen-bond acceptors (Lipinski definition) is 2. The number of halogens is 1. The number of aromatic nitrogens is 1. The number of nitrogens with one attached hydrogen (secondary N) is 2. The van der Waals surface area contributed by atoms with E-state index in [2.05, 4.69) is 44.1 Å². The van der Waals surface area contributed by atoms with Crippen molar-refractivity contribution in [2.45, 2.75) is 6.42 Å². The number of fused-ring (bicyclic) bond motifs is 1. The van der Waals surface area contributed by atoms with Gasteiger partial charge in [0.05, 0.1) is 7.11 Å². The summed E-state index contributed by atoms with van der Waals surface area (Å²) in [6.45, 7) is 0.536. The molecule has 0 atom stereocenters. The average Bonchev–Trinajstić information content (AvgIpc) is 3.04. The van der Waals surface area contributed by atoms with Gasteiger partial charge in [-0.15, -0.1) is 0 Å². The molecule has 0 aliphatic carbocycles. The van der Waals surface area contributed by atoms with Gasteiger partial charge in [-0.1, -0.05) is 24.1 Å². The van der Waals surface area contributed by atoms with Crippen molar-refractivity contribution in [3.05, 3.63) is 64.3 Å². The maximum absolute atomic E-state index is 11.9. The fourth-order valence-electron chi connectivity index (χ4n) is 2.54. The highest BCUT2D eigenvalue weighted by Crippen LogP contribution is 2.21. The number of ether oxygens (including phenoxy) is 1. The van der Waals surface area contributed by atoms with E-state index in [0.29, 0.717) is 17.9 Å². The van der Waals surface area contributed by atoms with Gasteiger partial charge in [-0.2, -0.15) is 0 Å². The first-order chi connectivity index (χ1) is 12.2. The zero-order valence-electron chi connectivity index (χ0n) is 13.7. The molecule has 25 heavy (non-hydrogen) atoms. The van der Waals surface area contributed by atoms with E-state index in [0.717, 1.165) is 16.4 Å². The highest BCUT2D eigenvalue weighted by Gasteiger charge is 2.04. The van der Waals surface area contributed by atoms with E-state index in [1.807, 2.05) is 36.5 Å². The van der Waals surface area contributed by atoms with Gasteiger partial charge in [0.15, 0.2) is 0 Å². The standard InChI is InChI=1S/C20H17BrN2O2/c1-25-16-7-8-18(21)14(12-16)6-9-20(24)22-11-10-15-13-23-19-5-3-2-4-17(15)19/h2-5,7-8,12-13,23H,10-11H2,1H3,(H,22,24). The van der Waals surface area contributed by atoms with Crippen molar-refractivity contribution < 1.29 is 9.53 Å². The Bertz CT molecular complexity index is 966. The Hall–Kier alpha value is -2.71. The summed E-state index contributed by atoms with van der Waals surface area (Å²) in [5.74, 6) is 5.89. The van der Waals surface area contributed by atoms with E-state index in [1.54, 1.807) is 13.2 Å². The third-order valence-electron chi connectivity index (χ3n) is 3.84. The molecule has 0 aliphatic rings. The Kier molecular flexibility index (Phi) is 5.42. The summed E-state index contributed by atoms with van der Waals surface area (Å²) < 4.78 is 5.99. The predicted octanol–water partition coefficient (Wildman–Crippen LogP) is 3.65. The van der Waals surface area contributed by atoms with E-state index >= 15 is 0 Å². The Labute approximate surface area is 154 Å². The van der Waals surface area contributed by atoms with Crippen molar-refractivity contribution >= 4 is 32.7 Å². The third kappa shape index (κ3) is 4.23. The van der Waals surface area contributed by atoms with Gasteiger partial charge in [0.2, 0.25) is 0 Å². The molecule has 2 aromatic carbocycles. The summed E-state index contributed by atoms with van der Waals surface area (Å²) in [6, 6.07) is 13.6. The van der Waals surface area contributed by atoms with Crippen molar-refractivity contribution in [1.29, 1.82) is 0 Å². The molecule has 0 radical (unpaired) electrons. The van der Waals surface area contributed by atoms with Crippen LogP contribution in [0.25, 0.3) is 10.9 Å². The molecule has 5 heteroatoms. The second kappa shape index (κ2) is 7.91. The second-order valence-electron chi connectivity index (χ2n) is 5.46. The molecule has 2 N–H and O–H groups in total. The highest BCUT2D eigenvalue weighted by atomic mass is 79.9. The molecule has 0 saturated heterocycles. The number of H-pyrrole nitrogens is 1. The molecule has 126 valence electrons. The smallest absolute Gasteiger partial charge is 0.296 e. The van der Waals surface area contributed by atoms with Gasteiger partial charge < -0.3 is 15.0 Å². The Morgan fingerprint density at radius 3 is 2.96 bits per heavy atom. The molecule has 0 bridgehead atoms. The van der Waals surface area contributed by atoms with Gasteiger partial charge in [0.25, 0.3) is 5.91 Å². The Morgan fingerprint density at radius 1 is 1.28 bits per heavy atom. The maximum atomic E-state index is 11.9. The monoisotopic (exact) mass is 396 g/mol. The number of carbonyl (C=O) groups excluding carboxylic acids is 1. The van der Waals surface area contributed by atoms with Crippen LogP contribution < -0.4 is 10.1 Å². The quantitative estimate of drug-likeness (QED) is 0.661. The van der Waals surface area contributed by atoms with Gasteiger partial charge in [0, 0.05) is 39.6 Å². The minimum Gasteiger partial charge on any atom is -0.497 e. The molecule has 1 amide bonds. The van der Waals surface area contributed by atoms with Crippen LogP contribution in [0, 0.1) is 11.8 Å². The van der Waals surface area contributed by atoms with Crippen LogP contribution in [0.5, 0.6) is 5.75 Å². The SMILES string of the molecule is COc1ccc(Br)c(C#CC(=O)NCCc2c[nH]c3ccccc23)c1. The van der Waals surface area contributed by atoms with Crippen LogP contribution in [-0.4, -0.2) is 24.5 Å². The van der Waals surface area contributed by atoms with Gasteiger partial charge >= 0.3 is 0 Å². The predicted molar refractivity (Wildman–Crippen MR) is 103 cm³/mol. The number of methoxy groups -OCH3 is 1. The topological polar surface area (TPSA) is 54.1 Å². The lowest BCUT2D eigenvalue weighted by atomic mass is 10.1. The van der Waals surface area contributed by atoms with Gasteiger partial charge in [-0.05, 0) is 52.2 Å². The minimum atomic E-state index is -0.297. The number of para-hydroxylation sites is 1. The Balaban J connectivity index is 1.59. The molecule has 3 aromatic rings. The van der Waals surface area contributed by atoms with E-state index in [4.69, 9.17) is 4.74 Å². The number of aromatic amines is 1. The second-order valence-corrected chi connectivity index (χ2v) is 6.32. The number of carbonyl (C=O) groups is 1. The summed E-state index contributed by atoms with van der Waals surface area (Å²) in [4.78, 5) is 15.2. The largest absolute Gasteiger partial charge is 0.497 e. The molecular formula is C20H17BrN2O2. The third-order valence-corrected chi connectivity index (χ3v) is 4.53. The number of rotatable bonds is 4. The Morgan fingerprint density at radius 2 is 2.12 bits per heavy atom. The van der Waals surface area contributed by atoms with E-state index < -0.39 is 0 Å². The zero-order chi connectivity index (χ0) is 17.6. The first-order valence-corrected chi connectivity index (χ1v) is 8.65. The van der Waals surface area contributed by atoms with Crippen LogP contribution in [-0.2, 0) is 11.2 Å². The van der Waals surface area contributed by atoms with E-state index in [9.17, 15) is 4.79 Å². The zero-order valence-corrected chi connectivity index (χ0v) is 15.3. The van der Waals surface area contributed by atoms with Crippen molar-refractivity contribution in [1.82, 2.24) is 10.3 Å². The summed E-state index contributed by atoms with van der Waals surface area (Å²) in [5, 5.41) is 4.01. The lowest BCUT2D eigenvalue weighted by Crippen LogP contribution is -2.23. The molecule has 0 aliphatic heterocycles. The van der Waals surface area contributed by atoms with Gasteiger partial charge in [0.1, 0.15) is 5.75 Å². The minimum absolute atomic E-state index is 0.297. The molecule has 0 spiro atoms. The first-order valence-electron chi connectivity index (χ1n) is 7.86. The van der Waals surface area contributed by atoms with Crippen LogP contribution in [0.4, 0.5) is 0 Å². The maximum Gasteiger partial charge on any atom is 0.296 e. The highest BCUT2D eigenvalue weighted by molar-refractivity contribution is 9.10. The summed E-state index contributed by atoms with van der Waals surface area (Å²) >= 11 is 3.42. The van der Waals surface area contributed by atoms with Crippen molar-refractivity contribution in [2.24, 2.45) is 0 Å². The molecule has 3 rings (SSSR count). The van der Waals surface area contributed by atoms with E-state index in [1.165, 1.54) is 10.9 Å². The number of benzene rings is 2. The average molecular weight is 397 g/mol. The summed E-state index contributed by atoms with van der Waals surface area (Å²) in [6.07, 6.45) is 2.73. The lowest BCUT2D eigenvalue weighted by molar-refractivity contribution is -0.115. The van der Waals surface area contributed by atoms with Gasteiger partial charge in [-0.3, -0.25) is 4.79 Å². The van der Waals surface area contributed by atoms with Crippen LogP contribution in [0.2, 0.25) is 0 Å². The van der Waals surface area contributed by atoms with Crippen molar-refractivity contribution in [3.63, 3.8) is 0 Å². The molecule has 0 unspecified atom stereocenters. The van der Waals surface area contributed by atoms with E-state index in [-0.39, 0.29) is 5.91 Å². The van der Waals surface area contributed by atoms with Crippen LogP contribution >= 0.6 is 15.9 Å². The lowest BCUT2D eigenvalue weighted by Gasteiger charge is -2.02.